The summed E-state index contributed by atoms with van der Waals surface area (Å²) in [5, 5.41) is 8.10. The van der Waals surface area contributed by atoms with Gasteiger partial charge in [0.1, 0.15) is 0 Å². The molecule has 2 heterocycles. The summed E-state index contributed by atoms with van der Waals surface area (Å²) in [6.07, 6.45) is 1.10. The molecule has 0 bridgehead atoms. The van der Waals surface area contributed by atoms with Crippen molar-refractivity contribution in [1.29, 1.82) is 0 Å². The summed E-state index contributed by atoms with van der Waals surface area (Å²) >= 11 is 6.20. The number of rotatable bonds is 3. The van der Waals surface area contributed by atoms with Gasteiger partial charge in [-0.2, -0.15) is 5.10 Å². The predicted octanol–water partition coefficient (Wildman–Crippen LogP) is 3.10. The van der Waals surface area contributed by atoms with Gasteiger partial charge in [-0.25, -0.2) is 9.48 Å². The fraction of sp³-hybridized carbons (Fsp3) is 0.421. The third-order valence-electron chi connectivity index (χ3n) is 4.84. The van der Waals surface area contributed by atoms with Crippen LogP contribution in [0.2, 0.25) is 5.02 Å². The van der Waals surface area contributed by atoms with E-state index in [1.54, 1.807) is 21.7 Å². The molecule has 27 heavy (non-hydrogen) atoms. The second-order valence-electron chi connectivity index (χ2n) is 6.65. The average Bonchev–Trinajstić information content (AvgIpc) is 2.95. The summed E-state index contributed by atoms with van der Waals surface area (Å²) in [5.41, 5.74) is 3.07. The molecule has 1 N–H and O–H groups in total. The molecule has 7 nitrogen and oxygen atoms in total. The lowest BCUT2D eigenvalue weighted by atomic mass is 10.0. The molecule has 3 rings (SSSR count). The van der Waals surface area contributed by atoms with Gasteiger partial charge in [-0.1, -0.05) is 11.6 Å². The van der Waals surface area contributed by atoms with Crippen LogP contribution in [0, 0.1) is 13.8 Å². The molecular weight excluding hydrogens is 368 g/mol. The van der Waals surface area contributed by atoms with Gasteiger partial charge in [0.05, 0.1) is 29.2 Å². The normalized spacial score (nSPS) is 14.9. The number of methoxy groups -OCH3 is 1. The van der Waals surface area contributed by atoms with E-state index in [2.05, 4.69) is 10.4 Å². The van der Waals surface area contributed by atoms with Crippen LogP contribution in [0.15, 0.2) is 24.3 Å². The highest BCUT2D eigenvalue weighted by Gasteiger charge is 2.24. The number of hydrogen-bond donors (Lipinski definition) is 1. The molecule has 1 saturated heterocycles. The number of piperidine rings is 1. The van der Waals surface area contributed by atoms with Gasteiger partial charge in [0.25, 0.3) is 5.91 Å². The Labute approximate surface area is 163 Å². The molecule has 1 aliphatic rings. The Morgan fingerprint density at radius 2 is 1.81 bits per heavy atom. The maximum atomic E-state index is 12.5. The first-order chi connectivity index (χ1) is 12.9. The van der Waals surface area contributed by atoms with Crippen LogP contribution in [0.4, 0.5) is 4.79 Å². The van der Waals surface area contributed by atoms with E-state index in [1.807, 2.05) is 26.0 Å². The molecule has 0 saturated carbocycles. The third kappa shape index (κ3) is 4.08. The molecule has 2 aromatic rings. The number of likely N-dealkylation sites (tertiary alicyclic amines) is 1. The van der Waals surface area contributed by atoms with Crippen molar-refractivity contribution in [3.8, 4) is 5.69 Å². The van der Waals surface area contributed by atoms with Gasteiger partial charge in [0.2, 0.25) is 0 Å². The van der Waals surface area contributed by atoms with Gasteiger partial charge in [-0.05, 0) is 51.0 Å². The number of amides is 2. The first-order valence-electron chi connectivity index (χ1n) is 8.86. The number of aryl methyl sites for hydroxylation is 1. The van der Waals surface area contributed by atoms with Crippen molar-refractivity contribution in [3.05, 3.63) is 46.2 Å². The van der Waals surface area contributed by atoms with Gasteiger partial charge in [-0.3, -0.25) is 4.79 Å². The Balaban J connectivity index is 1.61. The smallest absolute Gasteiger partial charge is 0.409 e. The molecule has 8 heteroatoms. The molecule has 1 aromatic heterocycles. The van der Waals surface area contributed by atoms with E-state index >= 15 is 0 Å². The summed E-state index contributed by atoms with van der Waals surface area (Å²) in [4.78, 5) is 25.7. The van der Waals surface area contributed by atoms with E-state index in [9.17, 15) is 9.59 Å². The fourth-order valence-corrected chi connectivity index (χ4v) is 3.35. The third-order valence-corrected chi connectivity index (χ3v) is 5.39. The van der Waals surface area contributed by atoms with Crippen molar-refractivity contribution in [2.24, 2.45) is 0 Å². The summed E-state index contributed by atoms with van der Waals surface area (Å²) in [6.45, 7) is 4.92. The number of carbonyl (C=O) groups is 2. The quantitative estimate of drug-likeness (QED) is 0.873. The summed E-state index contributed by atoms with van der Waals surface area (Å²) < 4.78 is 6.49. The lowest BCUT2D eigenvalue weighted by Gasteiger charge is -2.31. The van der Waals surface area contributed by atoms with Gasteiger partial charge < -0.3 is 15.0 Å². The monoisotopic (exact) mass is 390 g/mol. The maximum Gasteiger partial charge on any atom is 0.409 e. The minimum Gasteiger partial charge on any atom is -0.453 e. The Hall–Kier alpha value is -2.54. The van der Waals surface area contributed by atoms with Gasteiger partial charge in [-0.15, -0.1) is 0 Å². The van der Waals surface area contributed by atoms with Crippen LogP contribution >= 0.6 is 11.6 Å². The maximum absolute atomic E-state index is 12.5. The predicted molar refractivity (Wildman–Crippen MR) is 103 cm³/mol. The largest absolute Gasteiger partial charge is 0.453 e. The zero-order valence-corrected chi connectivity index (χ0v) is 16.4. The Kier molecular flexibility index (Phi) is 5.70. The van der Waals surface area contributed by atoms with Gasteiger partial charge >= 0.3 is 6.09 Å². The second kappa shape index (κ2) is 8.00. The molecule has 0 radical (unpaired) electrons. The zero-order valence-electron chi connectivity index (χ0n) is 15.7. The van der Waals surface area contributed by atoms with Crippen molar-refractivity contribution in [2.75, 3.05) is 20.2 Å². The molecule has 0 aliphatic carbocycles. The Morgan fingerprint density at radius 1 is 1.19 bits per heavy atom. The Bertz CT molecular complexity index is 839. The second-order valence-corrected chi connectivity index (χ2v) is 7.03. The van der Waals surface area contributed by atoms with E-state index in [4.69, 9.17) is 16.3 Å². The molecule has 1 aromatic carbocycles. The molecular formula is C19H23ClN4O3. The average molecular weight is 391 g/mol. The molecule has 2 amide bonds. The first-order valence-corrected chi connectivity index (χ1v) is 9.24. The van der Waals surface area contributed by atoms with Crippen LogP contribution in [-0.2, 0) is 4.74 Å². The Morgan fingerprint density at radius 3 is 2.33 bits per heavy atom. The van der Waals surface area contributed by atoms with Crippen molar-refractivity contribution in [2.45, 2.75) is 32.7 Å². The number of carbonyl (C=O) groups excluding carboxylic acids is 2. The standard InChI is InChI=1S/C19H23ClN4O3/c1-12-17(20)13(2)24(22-12)16-6-4-14(5-7-16)18(25)21-15-8-10-23(11-9-15)19(26)27-3/h4-7,15H,8-11H2,1-3H3,(H,21,25). The van der Waals surface area contributed by atoms with Crippen LogP contribution < -0.4 is 5.32 Å². The topological polar surface area (TPSA) is 76.5 Å². The minimum atomic E-state index is -0.320. The minimum absolute atomic E-state index is 0.0490. The highest BCUT2D eigenvalue weighted by atomic mass is 35.5. The molecule has 0 spiro atoms. The van der Waals surface area contributed by atoms with E-state index in [0.29, 0.717) is 36.5 Å². The number of nitrogens with zero attached hydrogens (tertiary/aromatic N) is 3. The molecule has 144 valence electrons. The van der Waals surface area contributed by atoms with E-state index in [1.165, 1.54) is 7.11 Å². The summed E-state index contributed by atoms with van der Waals surface area (Å²) in [7, 11) is 1.37. The van der Waals surface area contributed by atoms with Crippen LogP contribution in [-0.4, -0.2) is 52.9 Å². The number of halogens is 1. The van der Waals surface area contributed by atoms with E-state index < -0.39 is 0 Å². The van der Waals surface area contributed by atoms with Crippen molar-refractivity contribution in [1.82, 2.24) is 20.0 Å². The summed E-state index contributed by atoms with van der Waals surface area (Å²) in [6, 6.07) is 7.31. The molecule has 1 aliphatic heterocycles. The zero-order chi connectivity index (χ0) is 19.6. The molecule has 0 unspecified atom stereocenters. The fourth-order valence-electron chi connectivity index (χ4n) is 3.23. The lowest BCUT2D eigenvalue weighted by molar-refractivity contribution is 0.0892. The van der Waals surface area contributed by atoms with Crippen molar-refractivity contribution < 1.29 is 14.3 Å². The summed E-state index contributed by atoms with van der Waals surface area (Å²) in [5.74, 6) is -0.121. The van der Waals surface area contributed by atoms with Crippen LogP contribution in [0.5, 0.6) is 0 Å². The van der Waals surface area contributed by atoms with Crippen molar-refractivity contribution in [3.63, 3.8) is 0 Å². The molecule has 0 atom stereocenters. The lowest BCUT2D eigenvalue weighted by Crippen LogP contribution is -2.46. The van der Waals surface area contributed by atoms with Gasteiger partial charge in [0, 0.05) is 24.7 Å². The number of aromatic nitrogens is 2. The SMILES string of the molecule is COC(=O)N1CCC(NC(=O)c2ccc(-n3nc(C)c(Cl)c3C)cc2)CC1. The highest BCUT2D eigenvalue weighted by Crippen LogP contribution is 2.22. The first kappa shape index (κ1) is 19.2. The number of benzene rings is 1. The van der Waals surface area contributed by atoms with E-state index in [-0.39, 0.29) is 18.0 Å². The molecule has 1 fully saturated rings. The highest BCUT2D eigenvalue weighted by molar-refractivity contribution is 6.31. The van der Waals surface area contributed by atoms with Crippen LogP contribution in [0.25, 0.3) is 5.69 Å². The number of hydrogen-bond acceptors (Lipinski definition) is 4. The number of ether oxygens (including phenoxy) is 1. The number of nitrogens with one attached hydrogen (secondary N) is 1. The van der Waals surface area contributed by atoms with Crippen LogP contribution in [0.1, 0.15) is 34.6 Å². The van der Waals surface area contributed by atoms with Gasteiger partial charge in [0.15, 0.2) is 0 Å². The van der Waals surface area contributed by atoms with Crippen LogP contribution in [0.3, 0.4) is 0 Å². The van der Waals surface area contributed by atoms with E-state index in [0.717, 1.165) is 17.1 Å². The van der Waals surface area contributed by atoms with Crippen molar-refractivity contribution >= 4 is 23.6 Å².